The summed E-state index contributed by atoms with van der Waals surface area (Å²) in [5.41, 5.74) is 3.31. The Hall–Kier alpha value is -2.16. The first-order valence-electron chi connectivity index (χ1n) is 6.86. The fraction of sp³-hybridized carbons (Fsp3) is 0.294. The highest BCUT2D eigenvalue weighted by Crippen LogP contribution is 2.28. The molecule has 3 nitrogen and oxygen atoms in total. The topological polar surface area (TPSA) is 24.5 Å². The van der Waals surface area contributed by atoms with E-state index in [1.807, 2.05) is 64.3 Å². The Morgan fingerprint density at radius 3 is 2.20 bits per heavy atom. The Labute approximate surface area is 121 Å². The second kappa shape index (κ2) is 6.33. The summed E-state index contributed by atoms with van der Waals surface area (Å²) in [7, 11) is 4.08. The molecule has 0 fully saturated rings. The van der Waals surface area contributed by atoms with Crippen LogP contribution in [0.25, 0.3) is 0 Å². The molecule has 0 spiro atoms. The number of benzene rings is 2. The lowest BCUT2D eigenvalue weighted by molar-refractivity contribution is 0.242. The average Bonchev–Trinajstić information content (AvgIpc) is 2.41. The fourth-order valence-corrected chi connectivity index (χ4v) is 2.01. The summed E-state index contributed by atoms with van der Waals surface area (Å²) < 4.78 is 5.65. The van der Waals surface area contributed by atoms with Crippen molar-refractivity contribution in [2.24, 2.45) is 0 Å². The van der Waals surface area contributed by atoms with Crippen molar-refractivity contribution < 1.29 is 4.74 Å². The molecule has 3 heteroatoms. The molecule has 0 amide bonds. The molecule has 0 aliphatic rings. The van der Waals surface area contributed by atoms with E-state index in [1.54, 1.807) is 0 Å². The number of nitrogens with zero attached hydrogens (tertiary/aromatic N) is 1. The third-order valence-electron chi connectivity index (χ3n) is 2.89. The van der Waals surface area contributed by atoms with Gasteiger partial charge in [0.25, 0.3) is 0 Å². The predicted octanol–water partition coefficient (Wildman–Crippen LogP) is 4.28. The molecule has 0 atom stereocenters. The van der Waals surface area contributed by atoms with E-state index in [1.165, 1.54) is 0 Å². The first kappa shape index (κ1) is 14.3. The van der Waals surface area contributed by atoms with Gasteiger partial charge >= 0.3 is 0 Å². The second-order valence-corrected chi connectivity index (χ2v) is 5.23. The standard InChI is InChI=1S/C17H22N2O/c1-13(2)20-15-11-9-14(10-12-15)18-16-7-5-6-8-17(16)19(3)4/h5-13,18H,1-4H3. The molecule has 2 rings (SSSR count). The molecule has 0 unspecified atom stereocenters. The lowest BCUT2D eigenvalue weighted by Gasteiger charge is -2.18. The number of rotatable bonds is 5. The van der Waals surface area contributed by atoms with E-state index in [0.717, 1.165) is 22.8 Å². The molecule has 0 bridgehead atoms. The van der Waals surface area contributed by atoms with Crippen LogP contribution in [-0.4, -0.2) is 20.2 Å². The van der Waals surface area contributed by atoms with E-state index in [4.69, 9.17) is 4.74 Å². The van der Waals surface area contributed by atoms with Crippen LogP contribution in [-0.2, 0) is 0 Å². The highest BCUT2D eigenvalue weighted by Gasteiger charge is 2.04. The van der Waals surface area contributed by atoms with Gasteiger partial charge in [0.2, 0.25) is 0 Å². The van der Waals surface area contributed by atoms with E-state index < -0.39 is 0 Å². The third kappa shape index (κ3) is 3.67. The first-order chi connectivity index (χ1) is 9.56. The predicted molar refractivity (Wildman–Crippen MR) is 86.3 cm³/mol. The van der Waals surface area contributed by atoms with Gasteiger partial charge in [-0.15, -0.1) is 0 Å². The molecule has 2 aromatic rings. The molecule has 2 aromatic carbocycles. The lowest BCUT2D eigenvalue weighted by atomic mass is 10.2. The molecule has 106 valence electrons. The molecule has 0 aliphatic heterocycles. The summed E-state index contributed by atoms with van der Waals surface area (Å²) in [6.45, 7) is 4.05. The minimum atomic E-state index is 0.197. The van der Waals surface area contributed by atoms with Crippen molar-refractivity contribution in [2.75, 3.05) is 24.3 Å². The molecular weight excluding hydrogens is 248 g/mol. The van der Waals surface area contributed by atoms with E-state index in [-0.39, 0.29) is 6.10 Å². The maximum atomic E-state index is 5.65. The monoisotopic (exact) mass is 270 g/mol. The molecule has 0 heterocycles. The minimum Gasteiger partial charge on any atom is -0.491 e. The van der Waals surface area contributed by atoms with Crippen LogP contribution in [0.5, 0.6) is 5.75 Å². The number of ether oxygens (including phenoxy) is 1. The van der Waals surface area contributed by atoms with Crippen LogP contribution in [0.15, 0.2) is 48.5 Å². The number of para-hydroxylation sites is 2. The molecular formula is C17H22N2O. The Bertz CT molecular complexity index is 547. The van der Waals surface area contributed by atoms with E-state index in [0.29, 0.717) is 0 Å². The van der Waals surface area contributed by atoms with Crippen LogP contribution < -0.4 is 15.0 Å². The number of hydrogen-bond donors (Lipinski definition) is 1. The van der Waals surface area contributed by atoms with Gasteiger partial charge in [-0.05, 0) is 50.2 Å². The lowest BCUT2D eigenvalue weighted by Crippen LogP contribution is -2.10. The Balaban J connectivity index is 2.14. The zero-order chi connectivity index (χ0) is 14.5. The molecule has 0 saturated heterocycles. The third-order valence-corrected chi connectivity index (χ3v) is 2.89. The normalized spacial score (nSPS) is 10.4. The van der Waals surface area contributed by atoms with Crippen molar-refractivity contribution in [3.05, 3.63) is 48.5 Å². The Morgan fingerprint density at radius 1 is 0.950 bits per heavy atom. The summed E-state index contributed by atoms with van der Waals surface area (Å²) in [4.78, 5) is 2.10. The van der Waals surface area contributed by atoms with Crippen molar-refractivity contribution in [1.82, 2.24) is 0 Å². The van der Waals surface area contributed by atoms with E-state index in [9.17, 15) is 0 Å². The second-order valence-electron chi connectivity index (χ2n) is 5.23. The van der Waals surface area contributed by atoms with E-state index >= 15 is 0 Å². The van der Waals surface area contributed by atoms with Crippen molar-refractivity contribution in [2.45, 2.75) is 20.0 Å². The Morgan fingerprint density at radius 2 is 1.60 bits per heavy atom. The zero-order valence-electron chi connectivity index (χ0n) is 12.6. The van der Waals surface area contributed by atoms with Crippen LogP contribution in [0.1, 0.15) is 13.8 Å². The summed E-state index contributed by atoms with van der Waals surface area (Å²) >= 11 is 0. The number of nitrogens with one attached hydrogen (secondary N) is 1. The number of hydrogen-bond acceptors (Lipinski definition) is 3. The largest absolute Gasteiger partial charge is 0.491 e. The fourth-order valence-electron chi connectivity index (χ4n) is 2.01. The summed E-state index contributed by atoms with van der Waals surface area (Å²) in [5, 5.41) is 3.44. The Kier molecular flexibility index (Phi) is 4.51. The van der Waals surface area contributed by atoms with Crippen LogP contribution in [0.2, 0.25) is 0 Å². The quantitative estimate of drug-likeness (QED) is 0.877. The van der Waals surface area contributed by atoms with Crippen LogP contribution >= 0.6 is 0 Å². The van der Waals surface area contributed by atoms with Gasteiger partial charge in [-0.2, -0.15) is 0 Å². The van der Waals surface area contributed by atoms with Gasteiger partial charge in [0.15, 0.2) is 0 Å². The van der Waals surface area contributed by atoms with Gasteiger partial charge in [-0.1, -0.05) is 12.1 Å². The first-order valence-corrected chi connectivity index (χ1v) is 6.86. The molecule has 0 radical (unpaired) electrons. The number of anilines is 3. The molecule has 20 heavy (non-hydrogen) atoms. The summed E-state index contributed by atoms with van der Waals surface area (Å²) in [6.07, 6.45) is 0.197. The van der Waals surface area contributed by atoms with Gasteiger partial charge in [-0.25, -0.2) is 0 Å². The van der Waals surface area contributed by atoms with Crippen molar-refractivity contribution in [3.63, 3.8) is 0 Å². The molecule has 0 aliphatic carbocycles. The van der Waals surface area contributed by atoms with Gasteiger partial charge in [0, 0.05) is 19.8 Å². The molecule has 0 aromatic heterocycles. The summed E-state index contributed by atoms with van der Waals surface area (Å²) in [5.74, 6) is 0.895. The van der Waals surface area contributed by atoms with Crippen LogP contribution in [0, 0.1) is 0 Å². The van der Waals surface area contributed by atoms with Crippen LogP contribution in [0.4, 0.5) is 17.1 Å². The molecule has 0 saturated carbocycles. The maximum absolute atomic E-state index is 5.65. The van der Waals surface area contributed by atoms with Crippen molar-refractivity contribution in [1.29, 1.82) is 0 Å². The summed E-state index contributed by atoms with van der Waals surface area (Å²) in [6, 6.07) is 16.3. The SMILES string of the molecule is CC(C)Oc1ccc(Nc2ccccc2N(C)C)cc1. The van der Waals surface area contributed by atoms with Crippen molar-refractivity contribution in [3.8, 4) is 5.75 Å². The van der Waals surface area contributed by atoms with Crippen molar-refractivity contribution >= 4 is 17.1 Å². The zero-order valence-corrected chi connectivity index (χ0v) is 12.6. The van der Waals surface area contributed by atoms with Crippen LogP contribution in [0.3, 0.4) is 0 Å². The highest BCUT2D eigenvalue weighted by atomic mass is 16.5. The van der Waals surface area contributed by atoms with Gasteiger partial charge < -0.3 is 15.0 Å². The average molecular weight is 270 g/mol. The van der Waals surface area contributed by atoms with E-state index in [2.05, 4.69) is 22.3 Å². The van der Waals surface area contributed by atoms with Gasteiger partial charge in [0.05, 0.1) is 17.5 Å². The molecule has 1 N–H and O–H groups in total. The minimum absolute atomic E-state index is 0.197. The maximum Gasteiger partial charge on any atom is 0.119 e. The highest BCUT2D eigenvalue weighted by molar-refractivity contribution is 5.74. The van der Waals surface area contributed by atoms with Gasteiger partial charge in [-0.3, -0.25) is 0 Å². The smallest absolute Gasteiger partial charge is 0.119 e. The van der Waals surface area contributed by atoms with Gasteiger partial charge in [0.1, 0.15) is 5.75 Å².